The molecule has 158 valence electrons. The Bertz CT molecular complexity index is 927. The van der Waals surface area contributed by atoms with Crippen LogP contribution in [0.1, 0.15) is 47.3 Å². The Morgan fingerprint density at radius 1 is 1.10 bits per heavy atom. The zero-order valence-electron chi connectivity index (χ0n) is 17.1. The predicted molar refractivity (Wildman–Crippen MR) is 111 cm³/mol. The molecule has 2 N–H and O–H groups in total. The predicted octanol–water partition coefficient (Wildman–Crippen LogP) is 2.55. The maximum atomic E-state index is 12.5. The van der Waals surface area contributed by atoms with E-state index in [-0.39, 0.29) is 18.5 Å². The molecule has 3 rings (SSSR count). The lowest BCUT2D eigenvalue weighted by Gasteiger charge is -2.27. The summed E-state index contributed by atoms with van der Waals surface area (Å²) in [5, 5.41) is 5.45. The number of carbonyl (C=O) groups excluding carboxylic acids is 3. The van der Waals surface area contributed by atoms with Gasteiger partial charge in [0.05, 0.1) is 18.7 Å². The highest BCUT2D eigenvalue weighted by atomic mass is 16.5. The third-order valence-corrected chi connectivity index (χ3v) is 5.11. The molecule has 1 aliphatic carbocycles. The molecule has 1 aliphatic rings. The van der Waals surface area contributed by atoms with Gasteiger partial charge < -0.3 is 20.1 Å². The third-order valence-electron chi connectivity index (χ3n) is 5.11. The van der Waals surface area contributed by atoms with Crippen LogP contribution in [0, 0.1) is 0 Å². The lowest BCUT2D eigenvalue weighted by atomic mass is 9.87. The van der Waals surface area contributed by atoms with E-state index in [4.69, 9.17) is 9.47 Å². The van der Waals surface area contributed by atoms with Gasteiger partial charge in [0.2, 0.25) is 0 Å². The van der Waals surface area contributed by atoms with Crippen LogP contribution in [0.4, 0.5) is 0 Å². The van der Waals surface area contributed by atoms with Crippen LogP contribution in [0.25, 0.3) is 0 Å². The minimum Gasteiger partial charge on any atom is -0.496 e. The maximum Gasteiger partial charge on any atom is 0.326 e. The van der Waals surface area contributed by atoms with Crippen LogP contribution in [0.15, 0.2) is 48.5 Å². The molecule has 0 saturated carbocycles. The fourth-order valence-corrected chi connectivity index (χ4v) is 3.57. The number of esters is 1. The van der Waals surface area contributed by atoms with Gasteiger partial charge in [0.15, 0.2) is 6.10 Å². The molecular formula is C23H26N2O5. The fraction of sp³-hybridized carbons (Fsp3) is 0.348. The molecule has 0 fully saturated rings. The maximum absolute atomic E-state index is 12.5. The number of rotatable bonds is 7. The van der Waals surface area contributed by atoms with E-state index in [0.29, 0.717) is 11.3 Å². The molecule has 2 amide bonds. The molecule has 0 unspecified atom stereocenters. The molecule has 7 heteroatoms. The minimum absolute atomic E-state index is 0.0890. The van der Waals surface area contributed by atoms with Gasteiger partial charge in [-0.2, -0.15) is 0 Å². The number of aryl methyl sites for hydroxylation is 1. The first kappa shape index (κ1) is 21.4. The Labute approximate surface area is 175 Å². The second-order valence-corrected chi connectivity index (χ2v) is 7.17. The third kappa shape index (κ3) is 5.17. The summed E-state index contributed by atoms with van der Waals surface area (Å²) in [7, 11) is 1.46. The summed E-state index contributed by atoms with van der Waals surface area (Å²) in [5.41, 5.74) is 2.66. The van der Waals surface area contributed by atoms with Crippen LogP contribution in [0.2, 0.25) is 0 Å². The van der Waals surface area contributed by atoms with E-state index in [0.717, 1.165) is 24.8 Å². The van der Waals surface area contributed by atoms with E-state index < -0.39 is 18.0 Å². The van der Waals surface area contributed by atoms with Gasteiger partial charge >= 0.3 is 5.97 Å². The molecule has 0 aliphatic heterocycles. The highest BCUT2D eigenvalue weighted by Crippen LogP contribution is 2.29. The topological polar surface area (TPSA) is 93.7 Å². The van der Waals surface area contributed by atoms with Crippen molar-refractivity contribution in [1.29, 1.82) is 0 Å². The first-order valence-electron chi connectivity index (χ1n) is 9.98. The van der Waals surface area contributed by atoms with E-state index in [2.05, 4.69) is 16.7 Å². The zero-order chi connectivity index (χ0) is 21.5. The van der Waals surface area contributed by atoms with Crippen molar-refractivity contribution in [2.75, 3.05) is 13.7 Å². The van der Waals surface area contributed by atoms with Gasteiger partial charge in [-0.1, -0.05) is 36.4 Å². The van der Waals surface area contributed by atoms with Gasteiger partial charge in [-0.15, -0.1) is 0 Å². The second-order valence-electron chi connectivity index (χ2n) is 7.17. The molecule has 0 saturated heterocycles. The van der Waals surface area contributed by atoms with Crippen molar-refractivity contribution in [2.45, 2.75) is 38.3 Å². The summed E-state index contributed by atoms with van der Waals surface area (Å²) in [6.45, 7) is 1.17. The molecule has 0 aromatic heterocycles. The number of amides is 2. The molecule has 30 heavy (non-hydrogen) atoms. The van der Waals surface area contributed by atoms with Gasteiger partial charge in [-0.25, -0.2) is 0 Å². The summed E-state index contributed by atoms with van der Waals surface area (Å²) in [6, 6.07) is 14.6. The van der Waals surface area contributed by atoms with Crippen molar-refractivity contribution in [2.24, 2.45) is 0 Å². The molecule has 7 nitrogen and oxygen atoms in total. The molecular weight excluding hydrogens is 384 g/mol. The largest absolute Gasteiger partial charge is 0.496 e. The van der Waals surface area contributed by atoms with Gasteiger partial charge in [-0.3, -0.25) is 14.4 Å². The molecule has 0 bridgehead atoms. The van der Waals surface area contributed by atoms with Crippen molar-refractivity contribution in [3.05, 3.63) is 65.2 Å². The number of nitrogens with one attached hydrogen (secondary N) is 2. The van der Waals surface area contributed by atoms with Gasteiger partial charge in [-0.05, 0) is 49.4 Å². The fourth-order valence-electron chi connectivity index (χ4n) is 3.57. The van der Waals surface area contributed by atoms with E-state index in [1.807, 2.05) is 18.2 Å². The molecule has 0 heterocycles. The number of ether oxygens (including phenoxy) is 2. The lowest BCUT2D eigenvalue weighted by Crippen LogP contribution is -2.41. The summed E-state index contributed by atoms with van der Waals surface area (Å²) in [6.07, 6.45) is 1.87. The van der Waals surface area contributed by atoms with Crippen molar-refractivity contribution in [1.82, 2.24) is 10.6 Å². The lowest BCUT2D eigenvalue weighted by molar-refractivity contribution is -0.154. The highest BCUT2D eigenvalue weighted by molar-refractivity contribution is 5.98. The summed E-state index contributed by atoms with van der Waals surface area (Å²) in [4.78, 5) is 36.8. The number of fused-ring (bicyclic) bond motifs is 1. The number of methoxy groups -OCH3 is 1. The van der Waals surface area contributed by atoms with E-state index in [9.17, 15) is 14.4 Å². The smallest absolute Gasteiger partial charge is 0.326 e. The number of carbonyl (C=O) groups is 3. The molecule has 2 aromatic rings. The first-order valence-corrected chi connectivity index (χ1v) is 9.98. The van der Waals surface area contributed by atoms with Crippen LogP contribution >= 0.6 is 0 Å². The summed E-state index contributed by atoms with van der Waals surface area (Å²) < 4.78 is 10.3. The van der Waals surface area contributed by atoms with Crippen molar-refractivity contribution < 1.29 is 23.9 Å². The first-order chi connectivity index (χ1) is 14.5. The number of hydrogen-bond donors (Lipinski definition) is 2. The molecule has 2 aromatic carbocycles. The monoisotopic (exact) mass is 410 g/mol. The van der Waals surface area contributed by atoms with Gasteiger partial charge in [0.25, 0.3) is 11.8 Å². The average molecular weight is 410 g/mol. The van der Waals surface area contributed by atoms with Crippen LogP contribution in [-0.2, 0) is 20.7 Å². The zero-order valence-corrected chi connectivity index (χ0v) is 17.1. The highest BCUT2D eigenvalue weighted by Gasteiger charge is 2.25. The van der Waals surface area contributed by atoms with Crippen molar-refractivity contribution in [3.63, 3.8) is 0 Å². The quantitative estimate of drug-likeness (QED) is 0.685. The van der Waals surface area contributed by atoms with Crippen LogP contribution in [-0.4, -0.2) is 37.5 Å². The number of para-hydroxylation sites is 1. The average Bonchev–Trinajstić information content (AvgIpc) is 2.77. The minimum atomic E-state index is -0.963. The Kier molecular flexibility index (Phi) is 7.06. The molecule has 0 radical (unpaired) electrons. The standard InChI is InChI=1S/C23H26N2O5/c1-15(22(27)25-19-12-7-9-16-8-3-4-10-17(16)19)30-21(26)14-24-23(28)18-11-5-6-13-20(18)29-2/h3-6,8,10-11,13,15,19H,7,9,12,14H2,1-2H3,(H,24,28)(H,25,27)/t15-,19+/m1/s1. The summed E-state index contributed by atoms with van der Waals surface area (Å²) in [5.74, 6) is -1.10. The summed E-state index contributed by atoms with van der Waals surface area (Å²) >= 11 is 0. The van der Waals surface area contributed by atoms with Gasteiger partial charge in [0.1, 0.15) is 12.3 Å². The Hall–Kier alpha value is -3.35. The SMILES string of the molecule is COc1ccccc1C(=O)NCC(=O)O[C@H](C)C(=O)N[C@H]1CCCc2ccccc21. The van der Waals surface area contributed by atoms with E-state index in [1.165, 1.54) is 19.6 Å². The van der Waals surface area contributed by atoms with Crippen molar-refractivity contribution >= 4 is 17.8 Å². The van der Waals surface area contributed by atoms with E-state index >= 15 is 0 Å². The van der Waals surface area contributed by atoms with Crippen LogP contribution in [0.5, 0.6) is 5.75 Å². The number of benzene rings is 2. The van der Waals surface area contributed by atoms with Crippen molar-refractivity contribution in [3.8, 4) is 5.75 Å². The normalized spacial score (nSPS) is 16.0. The Morgan fingerprint density at radius 3 is 2.63 bits per heavy atom. The van der Waals surface area contributed by atoms with Gasteiger partial charge in [0, 0.05) is 0 Å². The second kappa shape index (κ2) is 9.91. The molecule has 0 spiro atoms. The Morgan fingerprint density at radius 2 is 1.83 bits per heavy atom. The van der Waals surface area contributed by atoms with E-state index in [1.54, 1.807) is 24.3 Å². The Balaban J connectivity index is 1.50. The molecule has 2 atom stereocenters. The van der Waals surface area contributed by atoms with Crippen LogP contribution in [0.3, 0.4) is 0 Å². The van der Waals surface area contributed by atoms with Crippen LogP contribution < -0.4 is 15.4 Å². The number of hydrogen-bond acceptors (Lipinski definition) is 5.